The molecule has 29 heavy (non-hydrogen) atoms. The first-order valence-electron chi connectivity index (χ1n) is 9.46. The van der Waals surface area contributed by atoms with E-state index in [1.54, 1.807) is 31.2 Å². The number of fused-ring (bicyclic) bond motifs is 1. The summed E-state index contributed by atoms with van der Waals surface area (Å²) in [5.41, 5.74) is 1.41. The van der Waals surface area contributed by atoms with Gasteiger partial charge < -0.3 is 10.1 Å². The van der Waals surface area contributed by atoms with Crippen LogP contribution in [0.15, 0.2) is 35.1 Å². The van der Waals surface area contributed by atoms with Crippen LogP contribution in [-0.4, -0.2) is 33.2 Å². The van der Waals surface area contributed by atoms with Crippen LogP contribution < -0.4 is 11.0 Å². The van der Waals surface area contributed by atoms with Gasteiger partial charge in [0.25, 0.3) is 5.91 Å². The van der Waals surface area contributed by atoms with E-state index in [0.717, 1.165) is 40.8 Å². The van der Waals surface area contributed by atoms with Crippen LogP contribution in [0.5, 0.6) is 0 Å². The summed E-state index contributed by atoms with van der Waals surface area (Å²) in [4.78, 5) is 41.0. The summed E-state index contributed by atoms with van der Waals surface area (Å²) >= 11 is 1.39. The lowest BCUT2D eigenvalue weighted by Crippen LogP contribution is -2.17. The average molecular weight is 412 g/mol. The number of H-pyrrole nitrogens is 1. The molecule has 0 aliphatic heterocycles. The molecule has 2 heterocycles. The third kappa shape index (κ3) is 3.73. The number of para-hydroxylation sites is 1. The van der Waals surface area contributed by atoms with E-state index in [1.807, 2.05) is 6.07 Å². The number of anilines is 1. The van der Waals surface area contributed by atoms with E-state index in [9.17, 15) is 14.4 Å². The first-order chi connectivity index (χ1) is 14.1. The molecular formula is C20H20N4O4S. The van der Waals surface area contributed by atoms with Gasteiger partial charge in [0.05, 0.1) is 17.9 Å². The van der Waals surface area contributed by atoms with Crippen LogP contribution in [0.2, 0.25) is 0 Å². The summed E-state index contributed by atoms with van der Waals surface area (Å²) in [6, 6.07) is 8.81. The van der Waals surface area contributed by atoms with Gasteiger partial charge in [0.1, 0.15) is 5.00 Å². The predicted octanol–water partition coefficient (Wildman–Crippen LogP) is 2.93. The number of hydrogen-bond acceptors (Lipinski definition) is 6. The minimum Gasteiger partial charge on any atom is -0.462 e. The van der Waals surface area contributed by atoms with Crippen LogP contribution in [0.25, 0.3) is 5.69 Å². The van der Waals surface area contributed by atoms with Gasteiger partial charge in [0.2, 0.25) is 5.82 Å². The van der Waals surface area contributed by atoms with E-state index in [2.05, 4.69) is 15.4 Å². The van der Waals surface area contributed by atoms with Crippen LogP contribution in [0, 0.1) is 0 Å². The molecule has 0 bridgehead atoms. The fraction of sp³-hybridized carbons (Fsp3) is 0.300. The third-order valence-corrected chi connectivity index (χ3v) is 5.92. The number of aromatic amines is 1. The molecule has 0 radical (unpaired) electrons. The van der Waals surface area contributed by atoms with Gasteiger partial charge in [-0.3, -0.25) is 9.78 Å². The molecule has 2 aromatic heterocycles. The lowest BCUT2D eigenvalue weighted by atomic mass is 9.95. The molecule has 0 spiro atoms. The van der Waals surface area contributed by atoms with Crippen molar-refractivity contribution in [3.63, 3.8) is 0 Å². The van der Waals surface area contributed by atoms with Crippen LogP contribution in [0.1, 0.15) is 51.2 Å². The summed E-state index contributed by atoms with van der Waals surface area (Å²) in [6.45, 7) is 2.00. The second-order valence-electron chi connectivity index (χ2n) is 6.62. The Kier molecular flexibility index (Phi) is 5.30. The van der Waals surface area contributed by atoms with E-state index in [0.29, 0.717) is 16.3 Å². The Morgan fingerprint density at radius 3 is 2.76 bits per heavy atom. The number of aromatic nitrogens is 3. The van der Waals surface area contributed by atoms with Gasteiger partial charge in [-0.2, -0.15) is 4.68 Å². The lowest BCUT2D eigenvalue weighted by Gasteiger charge is -2.12. The number of ether oxygens (including phenoxy) is 1. The first kappa shape index (κ1) is 19.1. The van der Waals surface area contributed by atoms with Crippen LogP contribution in [0.4, 0.5) is 5.00 Å². The first-order valence-corrected chi connectivity index (χ1v) is 10.3. The summed E-state index contributed by atoms with van der Waals surface area (Å²) in [6.07, 6.45) is 3.72. The number of esters is 1. The van der Waals surface area contributed by atoms with Crippen molar-refractivity contribution in [1.29, 1.82) is 0 Å². The Bertz CT molecular complexity index is 1110. The molecule has 8 nitrogen and oxygen atoms in total. The summed E-state index contributed by atoms with van der Waals surface area (Å²) in [5.74, 6) is -1.15. The molecular weight excluding hydrogens is 392 g/mol. The van der Waals surface area contributed by atoms with E-state index in [-0.39, 0.29) is 12.4 Å². The number of hydrogen-bond donors (Lipinski definition) is 2. The minimum absolute atomic E-state index is 0.125. The van der Waals surface area contributed by atoms with Gasteiger partial charge in [-0.15, -0.1) is 16.4 Å². The average Bonchev–Trinajstić information content (AvgIpc) is 3.29. The number of thiophene rings is 1. The number of carbonyl (C=O) groups is 2. The maximum atomic E-state index is 12.8. The molecule has 150 valence electrons. The van der Waals surface area contributed by atoms with Crippen molar-refractivity contribution in [3.8, 4) is 5.69 Å². The van der Waals surface area contributed by atoms with E-state index < -0.39 is 17.6 Å². The van der Waals surface area contributed by atoms with Gasteiger partial charge in [-0.1, -0.05) is 18.2 Å². The Balaban J connectivity index is 1.65. The fourth-order valence-corrected chi connectivity index (χ4v) is 4.68. The quantitative estimate of drug-likeness (QED) is 0.627. The zero-order chi connectivity index (χ0) is 20.4. The Hall–Kier alpha value is -3.20. The molecule has 1 aliphatic carbocycles. The highest BCUT2D eigenvalue weighted by Crippen LogP contribution is 2.38. The maximum Gasteiger partial charge on any atom is 0.348 e. The van der Waals surface area contributed by atoms with Gasteiger partial charge in [0.15, 0.2) is 0 Å². The molecule has 1 aromatic carbocycles. The van der Waals surface area contributed by atoms with Crippen LogP contribution in [0.3, 0.4) is 0 Å². The predicted molar refractivity (Wildman–Crippen MR) is 109 cm³/mol. The molecule has 0 unspecified atom stereocenters. The fourth-order valence-electron chi connectivity index (χ4n) is 3.41. The van der Waals surface area contributed by atoms with Crippen molar-refractivity contribution in [2.45, 2.75) is 32.6 Å². The number of carbonyl (C=O) groups excluding carboxylic acids is 2. The lowest BCUT2D eigenvalue weighted by molar-refractivity contribution is 0.0526. The number of rotatable bonds is 5. The van der Waals surface area contributed by atoms with Crippen molar-refractivity contribution in [3.05, 3.63) is 62.6 Å². The maximum absolute atomic E-state index is 12.8. The second-order valence-corrected chi connectivity index (χ2v) is 7.72. The highest BCUT2D eigenvalue weighted by molar-refractivity contribution is 7.17. The van der Waals surface area contributed by atoms with Gasteiger partial charge in [-0.25, -0.2) is 9.59 Å². The Labute approximate surface area is 170 Å². The molecule has 1 aliphatic rings. The van der Waals surface area contributed by atoms with Crippen molar-refractivity contribution < 1.29 is 14.3 Å². The molecule has 0 saturated carbocycles. The molecule has 0 atom stereocenters. The van der Waals surface area contributed by atoms with E-state index in [4.69, 9.17) is 4.74 Å². The van der Waals surface area contributed by atoms with Gasteiger partial charge in [-0.05, 0) is 50.3 Å². The van der Waals surface area contributed by atoms with E-state index in [1.165, 1.54) is 11.3 Å². The van der Waals surface area contributed by atoms with Crippen molar-refractivity contribution in [1.82, 2.24) is 14.8 Å². The minimum atomic E-state index is -0.582. The third-order valence-electron chi connectivity index (χ3n) is 4.71. The van der Waals surface area contributed by atoms with Crippen LogP contribution in [-0.2, 0) is 17.6 Å². The molecule has 0 fully saturated rings. The molecule has 3 aromatic rings. The summed E-state index contributed by atoms with van der Waals surface area (Å²) < 4.78 is 6.33. The Morgan fingerprint density at radius 1 is 1.24 bits per heavy atom. The topological polar surface area (TPSA) is 106 Å². The molecule has 0 saturated heterocycles. The number of nitrogens with zero attached hydrogens (tertiary/aromatic N) is 2. The standard InChI is InChI=1S/C20H20N4O4S/c1-2-28-19(26)15-13-10-6-7-11-14(13)29-18(15)22-17(25)16-21-20(27)24(23-16)12-8-4-3-5-9-12/h3-5,8-9H,2,6-7,10-11H2,1H3,(H,22,25)(H,21,23,27). The van der Waals surface area contributed by atoms with Crippen LogP contribution >= 0.6 is 11.3 Å². The smallest absolute Gasteiger partial charge is 0.348 e. The highest BCUT2D eigenvalue weighted by atomic mass is 32.1. The molecule has 9 heteroatoms. The second kappa shape index (κ2) is 8.04. The molecule has 1 amide bonds. The number of aryl methyl sites for hydroxylation is 1. The molecule has 4 rings (SSSR count). The zero-order valence-electron chi connectivity index (χ0n) is 15.9. The van der Waals surface area contributed by atoms with Gasteiger partial charge >= 0.3 is 11.7 Å². The van der Waals surface area contributed by atoms with Crippen molar-refractivity contribution >= 4 is 28.2 Å². The SMILES string of the molecule is CCOC(=O)c1c(NC(=O)c2nn(-c3ccccc3)c(=O)[nH]2)sc2c1CCCC2. The summed E-state index contributed by atoms with van der Waals surface area (Å²) in [7, 11) is 0. The normalized spacial score (nSPS) is 13.0. The molecule has 2 N–H and O–H groups in total. The highest BCUT2D eigenvalue weighted by Gasteiger charge is 2.28. The van der Waals surface area contributed by atoms with Crippen molar-refractivity contribution in [2.75, 3.05) is 11.9 Å². The zero-order valence-corrected chi connectivity index (χ0v) is 16.7. The Morgan fingerprint density at radius 2 is 2.00 bits per heavy atom. The van der Waals surface area contributed by atoms with Crippen molar-refractivity contribution in [2.24, 2.45) is 0 Å². The van der Waals surface area contributed by atoms with E-state index >= 15 is 0 Å². The number of nitrogens with one attached hydrogen (secondary N) is 2. The summed E-state index contributed by atoms with van der Waals surface area (Å²) in [5, 5.41) is 7.28. The van der Waals surface area contributed by atoms with Gasteiger partial charge in [0, 0.05) is 4.88 Å². The number of amides is 1. The largest absolute Gasteiger partial charge is 0.462 e. The number of benzene rings is 1. The monoisotopic (exact) mass is 412 g/mol.